The Labute approximate surface area is 323 Å². The van der Waals surface area contributed by atoms with Crippen LogP contribution in [0.5, 0.6) is 0 Å². The predicted molar refractivity (Wildman–Crippen MR) is 209 cm³/mol. The number of hydrogen-bond acceptors (Lipinski definition) is 6. The summed E-state index contributed by atoms with van der Waals surface area (Å²) in [6.07, 6.45) is 6.50. The van der Waals surface area contributed by atoms with Crippen molar-refractivity contribution in [3.8, 4) is 0 Å². The quantitative estimate of drug-likeness (QED) is 0.230. The standard InChI is InChI=1S/C46H67NO7/c1-28(2)38-32(49)24-46(35(50)27-47(29(3)48)26-30-14-12-11-13-15-30)23-22-44(9)31(39(38)46)16-17-34-43(8)20-19-36(54-37(51)25-41(4,5)40(52)53)42(6,7)33(43)18-21-45(34,44)10/h11-15,28,31,33-36,50H,16-27H2,1-10H3,(H,52,53)/t31-,33+,34-,35+,36+,43+,44-,45-,46+/m1/s1. The van der Waals surface area contributed by atoms with E-state index in [1.54, 1.807) is 25.7 Å². The van der Waals surface area contributed by atoms with Crippen LogP contribution in [0.2, 0.25) is 0 Å². The molecule has 8 heteroatoms. The second-order valence-corrected chi connectivity index (χ2v) is 20.5. The number of aliphatic hydroxyl groups is 1. The van der Waals surface area contributed by atoms with Crippen LogP contribution < -0.4 is 0 Å². The molecule has 5 aliphatic rings. The average molecular weight is 746 g/mol. The van der Waals surface area contributed by atoms with Crippen molar-refractivity contribution in [2.75, 3.05) is 6.54 Å². The number of benzene rings is 1. The predicted octanol–water partition coefficient (Wildman–Crippen LogP) is 8.79. The van der Waals surface area contributed by atoms with E-state index in [9.17, 15) is 29.4 Å². The maximum Gasteiger partial charge on any atom is 0.309 e. The molecule has 0 heterocycles. The Morgan fingerprint density at radius 1 is 0.907 bits per heavy atom. The molecular formula is C46H67NO7. The monoisotopic (exact) mass is 745 g/mol. The maximum atomic E-state index is 14.2. The van der Waals surface area contributed by atoms with Crippen LogP contribution in [0.3, 0.4) is 0 Å². The zero-order valence-electron chi connectivity index (χ0n) is 34.7. The largest absolute Gasteiger partial charge is 0.481 e. The molecule has 0 aliphatic heterocycles. The summed E-state index contributed by atoms with van der Waals surface area (Å²) in [4.78, 5) is 53.8. The van der Waals surface area contributed by atoms with Crippen LogP contribution in [0.25, 0.3) is 0 Å². The third kappa shape index (κ3) is 6.29. The van der Waals surface area contributed by atoms with Crippen molar-refractivity contribution in [3.63, 3.8) is 0 Å². The SMILES string of the molecule is CC(=O)N(Cc1ccccc1)C[C@H](O)[C@@]12CC[C@]3(C)[C@H](CC[C@@H]4[C@@]5(C)CC[C@H](OC(=O)CC(C)(C)C(=O)O)C(C)(C)[C@@H]5CC[C@]43C)C1=C(C(C)C)C(=O)C2. The topological polar surface area (TPSA) is 121 Å². The van der Waals surface area contributed by atoms with E-state index in [-0.39, 0.29) is 64.3 Å². The minimum atomic E-state index is -1.18. The summed E-state index contributed by atoms with van der Waals surface area (Å²) in [5.41, 5.74) is 0.991. The fourth-order valence-electron chi connectivity index (χ4n) is 13.4. The van der Waals surface area contributed by atoms with Crippen molar-refractivity contribution in [1.29, 1.82) is 0 Å². The number of carboxylic acids is 1. The molecule has 5 aliphatic carbocycles. The molecule has 1 aromatic carbocycles. The van der Waals surface area contributed by atoms with E-state index in [0.717, 1.165) is 62.5 Å². The van der Waals surface area contributed by atoms with Crippen molar-refractivity contribution in [3.05, 3.63) is 47.0 Å². The first-order valence-electron chi connectivity index (χ1n) is 20.7. The van der Waals surface area contributed by atoms with Crippen molar-refractivity contribution in [2.45, 2.75) is 152 Å². The van der Waals surface area contributed by atoms with Gasteiger partial charge < -0.3 is 19.8 Å². The summed E-state index contributed by atoms with van der Waals surface area (Å²) < 4.78 is 6.17. The molecular weight excluding hydrogens is 679 g/mol. The van der Waals surface area contributed by atoms with E-state index in [0.29, 0.717) is 24.8 Å². The van der Waals surface area contributed by atoms with E-state index in [1.165, 1.54) is 5.57 Å². The summed E-state index contributed by atoms with van der Waals surface area (Å²) >= 11 is 0. The third-order valence-electron chi connectivity index (χ3n) is 16.6. The fourth-order valence-corrected chi connectivity index (χ4v) is 13.4. The molecule has 0 aromatic heterocycles. The lowest BCUT2D eigenvalue weighted by Gasteiger charge is -2.72. The number of hydrogen-bond donors (Lipinski definition) is 2. The van der Waals surface area contributed by atoms with Crippen LogP contribution in [-0.2, 0) is 30.5 Å². The number of aliphatic hydroxyl groups excluding tert-OH is 1. The van der Waals surface area contributed by atoms with E-state index in [4.69, 9.17) is 4.74 Å². The number of aliphatic carboxylic acids is 1. The first-order chi connectivity index (χ1) is 25.0. The highest BCUT2D eigenvalue weighted by atomic mass is 16.5. The highest BCUT2D eigenvalue weighted by molar-refractivity contribution is 6.00. The lowest BCUT2D eigenvalue weighted by Crippen LogP contribution is -2.66. The van der Waals surface area contributed by atoms with Gasteiger partial charge in [-0.2, -0.15) is 0 Å². The van der Waals surface area contributed by atoms with Gasteiger partial charge in [0.1, 0.15) is 6.10 Å². The van der Waals surface area contributed by atoms with Crippen molar-refractivity contribution in [1.82, 2.24) is 4.90 Å². The van der Waals surface area contributed by atoms with Crippen LogP contribution in [-0.4, -0.2) is 57.5 Å². The van der Waals surface area contributed by atoms with Crippen molar-refractivity contribution in [2.24, 2.45) is 56.2 Å². The first-order valence-corrected chi connectivity index (χ1v) is 20.7. The Hall–Kier alpha value is -3.00. The number of amides is 1. The van der Waals surface area contributed by atoms with Gasteiger partial charge >= 0.3 is 11.9 Å². The highest BCUT2D eigenvalue weighted by Gasteiger charge is 2.71. The molecule has 298 valence electrons. The molecule has 8 nitrogen and oxygen atoms in total. The summed E-state index contributed by atoms with van der Waals surface area (Å²) in [7, 11) is 0. The fraction of sp³-hybridized carbons (Fsp3) is 0.739. The van der Waals surface area contributed by atoms with Gasteiger partial charge in [-0.15, -0.1) is 0 Å². The molecule has 6 rings (SSSR count). The van der Waals surface area contributed by atoms with Crippen LogP contribution in [0, 0.1) is 56.2 Å². The van der Waals surface area contributed by atoms with Gasteiger partial charge in [0.2, 0.25) is 5.91 Å². The van der Waals surface area contributed by atoms with E-state index < -0.39 is 28.9 Å². The van der Waals surface area contributed by atoms with Crippen LogP contribution in [0.1, 0.15) is 139 Å². The van der Waals surface area contributed by atoms with E-state index in [1.807, 2.05) is 30.3 Å². The van der Waals surface area contributed by atoms with Crippen LogP contribution in [0.15, 0.2) is 41.5 Å². The second-order valence-electron chi connectivity index (χ2n) is 20.5. The number of ketones is 1. The lowest BCUT2D eigenvalue weighted by molar-refractivity contribution is -0.235. The number of esters is 1. The molecule has 0 bridgehead atoms. The van der Waals surface area contributed by atoms with Gasteiger partial charge in [-0.05, 0) is 116 Å². The summed E-state index contributed by atoms with van der Waals surface area (Å²) in [5.74, 6) is -0.328. The zero-order valence-corrected chi connectivity index (χ0v) is 34.7. The molecule has 1 amide bonds. The van der Waals surface area contributed by atoms with Crippen LogP contribution >= 0.6 is 0 Å². The lowest BCUT2D eigenvalue weighted by atomic mass is 9.33. The number of carbonyl (C=O) groups is 4. The minimum Gasteiger partial charge on any atom is -0.481 e. The summed E-state index contributed by atoms with van der Waals surface area (Å²) in [6.45, 7) is 21.6. The molecule has 0 unspecified atom stereocenters. The summed E-state index contributed by atoms with van der Waals surface area (Å²) in [5, 5.41) is 22.0. The smallest absolute Gasteiger partial charge is 0.309 e. The first kappa shape index (κ1) is 40.7. The Morgan fingerprint density at radius 2 is 1.57 bits per heavy atom. The second kappa shape index (κ2) is 13.9. The molecule has 2 N–H and O–H groups in total. The average Bonchev–Trinajstić information content (AvgIpc) is 3.39. The van der Waals surface area contributed by atoms with Gasteiger partial charge in [0, 0.05) is 37.3 Å². The normalized spacial score (nSPS) is 36.4. The number of carbonyl (C=O) groups excluding carboxylic acids is 3. The highest BCUT2D eigenvalue weighted by Crippen LogP contribution is 2.77. The molecule has 0 radical (unpaired) electrons. The third-order valence-corrected chi connectivity index (χ3v) is 16.6. The van der Waals surface area contributed by atoms with Crippen LogP contribution in [0.4, 0.5) is 0 Å². The molecule has 0 spiro atoms. The Morgan fingerprint density at radius 3 is 2.19 bits per heavy atom. The minimum absolute atomic E-state index is 0.00282. The molecule has 0 saturated heterocycles. The number of nitrogens with zero attached hydrogens (tertiary/aromatic N) is 1. The zero-order chi connectivity index (χ0) is 39.8. The number of fused-ring (bicyclic) bond motifs is 7. The van der Waals surface area contributed by atoms with Crippen molar-refractivity contribution < 1.29 is 34.1 Å². The maximum absolute atomic E-state index is 14.2. The Kier molecular flexibility index (Phi) is 10.5. The molecule has 54 heavy (non-hydrogen) atoms. The van der Waals surface area contributed by atoms with Gasteiger partial charge in [0.05, 0.1) is 17.9 Å². The van der Waals surface area contributed by atoms with E-state index in [2.05, 4.69) is 48.5 Å². The van der Waals surface area contributed by atoms with Gasteiger partial charge in [0.25, 0.3) is 0 Å². The molecule has 1 aromatic rings. The molecule has 4 fully saturated rings. The van der Waals surface area contributed by atoms with Gasteiger partial charge in [-0.1, -0.05) is 84.4 Å². The van der Waals surface area contributed by atoms with Crippen molar-refractivity contribution >= 4 is 23.6 Å². The Bertz CT molecular complexity index is 1690. The number of carboxylic acid groups (broad SMARTS) is 1. The van der Waals surface area contributed by atoms with Gasteiger partial charge in [-0.25, -0.2) is 0 Å². The van der Waals surface area contributed by atoms with E-state index >= 15 is 0 Å². The Balaban J connectivity index is 1.29. The molecule has 9 atom stereocenters. The summed E-state index contributed by atoms with van der Waals surface area (Å²) in [6, 6.07) is 9.90. The molecule has 4 saturated carbocycles. The number of rotatable bonds is 10. The van der Waals surface area contributed by atoms with Gasteiger partial charge in [-0.3, -0.25) is 19.2 Å². The number of Topliss-reactive ketones (excluding diaryl/α,β-unsaturated/α-hetero) is 1. The number of ether oxygens (including phenoxy) is 1. The van der Waals surface area contributed by atoms with Gasteiger partial charge in [0.15, 0.2) is 5.78 Å². The number of allylic oxidation sites excluding steroid dienone is 1.